The largest absolute Gasteiger partial charge is 0.451 e. The molecule has 0 amide bonds. The number of carbonyl (C=O) groups excluding carboxylic acids is 1. The van der Waals surface area contributed by atoms with E-state index in [4.69, 9.17) is 10.5 Å². The van der Waals surface area contributed by atoms with Crippen LogP contribution in [0.3, 0.4) is 0 Å². The molecule has 2 aromatic rings. The highest BCUT2D eigenvalue weighted by molar-refractivity contribution is 5.85. The average molecular weight is 336 g/mol. The topological polar surface area (TPSA) is 72.5 Å². The Hall–Kier alpha value is -1.88. The maximum absolute atomic E-state index is 11.8. The molecule has 0 aliphatic heterocycles. The zero-order chi connectivity index (χ0) is 15.9. The lowest BCUT2D eigenvalue weighted by Gasteiger charge is -2.20. The Morgan fingerprint density at radius 2 is 1.65 bits per heavy atom. The van der Waals surface area contributed by atoms with Crippen molar-refractivity contribution in [3.63, 3.8) is 0 Å². The van der Waals surface area contributed by atoms with Crippen molar-refractivity contribution < 1.29 is 14.6 Å². The predicted octanol–water partition coefficient (Wildman–Crippen LogP) is 2.62. The molecule has 0 spiro atoms. The standard InChI is InChI=1S/C18H21NO3.ClH/c1-13(20)18(21)22-17(15-5-3-2-4-6-15)16-9-7-14(8-10-16)11-12-19;/h2-10,13,17,20H,11-12,19H2,1H3;1H. The van der Waals surface area contributed by atoms with Gasteiger partial charge in [-0.25, -0.2) is 4.79 Å². The van der Waals surface area contributed by atoms with E-state index in [0.717, 1.165) is 23.1 Å². The predicted molar refractivity (Wildman–Crippen MR) is 92.5 cm³/mol. The van der Waals surface area contributed by atoms with Gasteiger partial charge in [0, 0.05) is 0 Å². The smallest absolute Gasteiger partial charge is 0.335 e. The minimum atomic E-state index is -1.15. The van der Waals surface area contributed by atoms with Crippen molar-refractivity contribution in [3.05, 3.63) is 71.3 Å². The Balaban J connectivity index is 0.00000264. The van der Waals surface area contributed by atoms with Crippen LogP contribution in [0.1, 0.15) is 29.7 Å². The minimum Gasteiger partial charge on any atom is -0.451 e. The van der Waals surface area contributed by atoms with Gasteiger partial charge in [0.1, 0.15) is 6.10 Å². The highest BCUT2D eigenvalue weighted by Crippen LogP contribution is 2.26. The third-order valence-electron chi connectivity index (χ3n) is 3.39. The van der Waals surface area contributed by atoms with E-state index in [1.54, 1.807) is 0 Å². The highest BCUT2D eigenvalue weighted by Gasteiger charge is 2.21. The van der Waals surface area contributed by atoms with Gasteiger partial charge in [-0.2, -0.15) is 0 Å². The molecule has 4 nitrogen and oxygen atoms in total. The fourth-order valence-electron chi connectivity index (χ4n) is 2.20. The summed E-state index contributed by atoms with van der Waals surface area (Å²) < 4.78 is 5.47. The van der Waals surface area contributed by atoms with Gasteiger partial charge >= 0.3 is 5.97 Å². The Kier molecular flexibility index (Phi) is 7.75. The van der Waals surface area contributed by atoms with E-state index in [-0.39, 0.29) is 12.4 Å². The van der Waals surface area contributed by atoms with Crippen molar-refractivity contribution in [3.8, 4) is 0 Å². The molecule has 23 heavy (non-hydrogen) atoms. The lowest BCUT2D eigenvalue weighted by atomic mass is 9.99. The Labute approximate surface area is 142 Å². The molecule has 0 aliphatic rings. The molecular weight excluding hydrogens is 314 g/mol. The molecule has 2 atom stereocenters. The number of hydrogen-bond donors (Lipinski definition) is 2. The summed E-state index contributed by atoms with van der Waals surface area (Å²) in [5, 5.41) is 9.39. The van der Waals surface area contributed by atoms with E-state index in [9.17, 15) is 9.90 Å². The van der Waals surface area contributed by atoms with Crippen molar-refractivity contribution in [2.24, 2.45) is 5.73 Å². The number of ether oxygens (including phenoxy) is 1. The van der Waals surface area contributed by atoms with Gasteiger partial charge in [-0.15, -0.1) is 12.4 Å². The van der Waals surface area contributed by atoms with E-state index < -0.39 is 18.2 Å². The van der Waals surface area contributed by atoms with Crippen LogP contribution in [-0.4, -0.2) is 23.7 Å². The first-order valence-corrected chi connectivity index (χ1v) is 7.34. The second kappa shape index (κ2) is 9.30. The molecular formula is C18H22ClNO3. The summed E-state index contributed by atoms with van der Waals surface area (Å²) in [6, 6.07) is 17.3. The summed E-state index contributed by atoms with van der Waals surface area (Å²) in [5.41, 5.74) is 8.42. The van der Waals surface area contributed by atoms with E-state index in [0.29, 0.717) is 6.54 Å². The van der Waals surface area contributed by atoms with Gasteiger partial charge in [-0.3, -0.25) is 0 Å². The molecule has 0 radical (unpaired) electrons. The Bertz CT molecular complexity index is 599. The zero-order valence-corrected chi connectivity index (χ0v) is 13.8. The number of aliphatic hydroxyl groups is 1. The quantitative estimate of drug-likeness (QED) is 0.796. The van der Waals surface area contributed by atoms with Crippen LogP contribution < -0.4 is 5.73 Å². The first-order valence-electron chi connectivity index (χ1n) is 7.34. The van der Waals surface area contributed by atoms with E-state index >= 15 is 0 Å². The van der Waals surface area contributed by atoms with Gasteiger partial charge in [0.05, 0.1) is 0 Å². The fourth-order valence-corrected chi connectivity index (χ4v) is 2.20. The maximum atomic E-state index is 11.8. The third kappa shape index (κ3) is 5.36. The van der Waals surface area contributed by atoms with Crippen LogP contribution >= 0.6 is 12.4 Å². The van der Waals surface area contributed by atoms with Crippen molar-refractivity contribution in [1.82, 2.24) is 0 Å². The number of carbonyl (C=O) groups is 1. The molecule has 0 saturated carbocycles. The number of benzene rings is 2. The monoisotopic (exact) mass is 335 g/mol. The van der Waals surface area contributed by atoms with Gasteiger partial charge in [-0.05, 0) is 36.6 Å². The van der Waals surface area contributed by atoms with Crippen molar-refractivity contribution in [2.45, 2.75) is 25.6 Å². The summed E-state index contributed by atoms with van der Waals surface area (Å²) in [5.74, 6) is -0.639. The minimum absolute atomic E-state index is 0. The zero-order valence-electron chi connectivity index (χ0n) is 13.0. The third-order valence-corrected chi connectivity index (χ3v) is 3.39. The second-order valence-corrected chi connectivity index (χ2v) is 5.18. The number of esters is 1. The summed E-state index contributed by atoms with van der Waals surface area (Å²) in [6.45, 7) is 1.99. The number of halogens is 1. The normalized spacial score (nSPS) is 12.8. The summed E-state index contributed by atoms with van der Waals surface area (Å²) >= 11 is 0. The van der Waals surface area contributed by atoms with Crippen LogP contribution in [0.2, 0.25) is 0 Å². The van der Waals surface area contributed by atoms with E-state index in [2.05, 4.69) is 0 Å². The van der Waals surface area contributed by atoms with Crippen molar-refractivity contribution in [1.29, 1.82) is 0 Å². The molecule has 0 saturated heterocycles. The molecule has 0 fully saturated rings. The maximum Gasteiger partial charge on any atom is 0.335 e. The first-order chi connectivity index (χ1) is 10.6. The highest BCUT2D eigenvalue weighted by atomic mass is 35.5. The molecule has 2 rings (SSSR count). The number of nitrogens with two attached hydrogens (primary N) is 1. The molecule has 0 aliphatic carbocycles. The van der Waals surface area contributed by atoms with Gasteiger partial charge in [0.2, 0.25) is 0 Å². The summed E-state index contributed by atoms with van der Waals surface area (Å²) in [4.78, 5) is 11.8. The van der Waals surface area contributed by atoms with Crippen LogP contribution in [0.25, 0.3) is 0 Å². The lowest BCUT2D eigenvalue weighted by Crippen LogP contribution is -2.22. The molecule has 2 unspecified atom stereocenters. The lowest BCUT2D eigenvalue weighted by molar-refractivity contribution is -0.156. The van der Waals surface area contributed by atoms with Crippen LogP contribution in [0, 0.1) is 0 Å². The molecule has 0 aromatic heterocycles. The molecule has 124 valence electrons. The van der Waals surface area contributed by atoms with Gasteiger partial charge in [-0.1, -0.05) is 54.6 Å². The Morgan fingerprint density at radius 3 is 2.17 bits per heavy atom. The second-order valence-electron chi connectivity index (χ2n) is 5.18. The van der Waals surface area contributed by atoms with Crippen molar-refractivity contribution in [2.75, 3.05) is 6.54 Å². The summed E-state index contributed by atoms with van der Waals surface area (Å²) in [7, 11) is 0. The van der Waals surface area contributed by atoms with E-state index in [1.165, 1.54) is 6.92 Å². The van der Waals surface area contributed by atoms with Gasteiger partial charge < -0.3 is 15.6 Å². The van der Waals surface area contributed by atoms with Crippen LogP contribution in [-0.2, 0) is 16.0 Å². The molecule has 3 N–H and O–H groups in total. The van der Waals surface area contributed by atoms with Crippen LogP contribution in [0.15, 0.2) is 54.6 Å². The summed E-state index contributed by atoms with van der Waals surface area (Å²) in [6.07, 6.45) is -0.873. The van der Waals surface area contributed by atoms with E-state index in [1.807, 2.05) is 54.6 Å². The van der Waals surface area contributed by atoms with Gasteiger partial charge in [0.25, 0.3) is 0 Å². The molecule has 0 heterocycles. The fraction of sp³-hybridized carbons (Fsp3) is 0.278. The SMILES string of the molecule is CC(O)C(=O)OC(c1ccccc1)c1ccc(CCN)cc1.Cl. The molecule has 5 heteroatoms. The Morgan fingerprint density at radius 1 is 1.09 bits per heavy atom. The number of aliphatic hydroxyl groups excluding tert-OH is 1. The van der Waals surface area contributed by atoms with Crippen LogP contribution in [0.5, 0.6) is 0 Å². The van der Waals surface area contributed by atoms with Crippen molar-refractivity contribution >= 4 is 18.4 Å². The molecule has 0 bridgehead atoms. The molecule has 2 aromatic carbocycles. The van der Waals surface area contributed by atoms with Crippen LogP contribution in [0.4, 0.5) is 0 Å². The number of hydrogen-bond acceptors (Lipinski definition) is 4. The first kappa shape index (κ1) is 19.2. The van der Waals surface area contributed by atoms with Gasteiger partial charge in [0.15, 0.2) is 6.10 Å². The number of rotatable bonds is 6. The average Bonchev–Trinajstić information content (AvgIpc) is 2.54.